The molecule has 0 radical (unpaired) electrons. The second kappa shape index (κ2) is 11.5. The molecule has 4 rings (SSSR count). The van der Waals surface area contributed by atoms with Crippen molar-refractivity contribution >= 4 is 62.3 Å². The van der Waals surface area contributed by atoms with Gasteiger partial charge in [-0.25, -0.2) is 8.78 Å². The molecule has 3 amide bonds. The quantitative estimate of drug-likeness (QED) is 0.269. The number of amides is 3. The molecule has 1 heterocycles. The van der Waals surface area contributed by atoms with Gasteiger partial charge in [0.25, 0.3) is 17.7 Å². The number of hydrogen-bond acceptors (Lipinski definition) is 4. The van der Waals surface area contributed by atoms with Crippen LogP contribution in [0, 0.1) is 5.41 Å². The summed E-state index contributed by atoms with van der Waals surface area (Å²) >= 11 is 9.64. The van der Waals surface area contributed by atoms with Crippen LogP contribution in [0.2, 0.25) is 5.02 Å². The Morgan fingerprint density at radius 2 is 1.50 bits per heavy atom. The minimum atomic E-state index is -2.83. The number of benzene rings is 3. The maximum absolute atomic E-state index is 13.6. The van der Waals surface area contributed by atoms with E-state index in [-0.39, 0.29) is 34.3 Å². The lowest BCUT2D eigenvalue weighted by Gasteiger charge is -2.41. The number of nitrogens with one attached hydrogen (secondary N) is 3. The summed E-state index contributed by atoms with van der Waals surface area (Å²) < 4.78 is 28.1. The molecule has 0 bridgehead atoms. The summed E-state index contributed by atoms with van der Waals surface area (Å²) in [7, 11) is 0. The van der Waals surface area contributed by atoms with E-state index in [1.54, 1.807) is 69.3 Å². The fourth-order valence-corrected chi connectivity index (χ4v) is 4.46. The summed E-state index contributed by atoms with van der Waals surface area (Å²) in [6, 6.07) is 16.3. The maximum Gasteiger partial charge on any atom is 0.282 e. The smallest absolute Gasteiger partial charge is 0.282 e. The molecule has 40 heavy (non-hydrogen) atoms. The fraction of sp³-hybridized carbons (Fsp3) is 0.276. The molecule has 3 N–H and O–H groups in total. The van der Waals surface area contributed by atoms with Crippen molar-refractivity contribution in [1.82, 2.24) is 5.32 Å². The largest absolute Gasteiger partial charge is 0.359 e. The molecule has 1 aliphatic heterocycles. The molecule has 1 fully saturated rings. The van der Waals surface area contributed by atoms with Crippen molar-refractivity contribution < 1.29 is 23.2 Å². The molecule has 0 aromatic heterocycles. The molecular formula is C29H28BrClF2N4O3. The van der Waals surface area contributed by atoms with Gasteiger partial charge < -0.3 is 20.9 Å². The van der Waals surface area contributed by atoms with E-state index in [2.05, 4.69) is 31.9 Å². The standard InChI is InChI=1S/C29H28BrClF2N4O3/c1-28(2,3)27(40)34-14-17-4-10-23(31)21(12-17)25(38)36-20-9-11-24(37-15-29(32,33)16-37)22(13-20)26(39)35-19-7-5-18(30)6-8-19/h4-13H,14-16H2,1-3H3,(H,34,40)(H,35,39)(H,36,38). The Morgan fingerprint density at radius 3 is 2.12 bits per heavy atom. The van der Waals surface area contributed by atoms with Crippen LogP contribution in [0.15, 0.2) is 65.1 Å². The van der Waals surface area contributed by atoms with E-state index in [0.717, 1.165) is 4.47 Å². The van der Waals surface area contributed by atoms with Crippen molar-refractivity contribution in [2.24, 2.45) is 5.41 Å². The van der Waals surface area contributed by atoms with Crippen LogP contribution in [-0.4, -0.2) is 36.7 Å². The van der Waals surface area contributed by atoms with Crippen LogP contribution in [-0.2, 0) is 11.3 Å². The lowest BCUT2D eigenvalue weighted by Crippen LogP contribution is -2.56. The summed E-state index contributed by atoms with van der Waals surface area (Å²) in [5.74, 6) is -4.02. The van der Waals surface area contributed by atoms with E-state index in [1.165, 1.54) is 17.0 Å². The number of alkyl halides is 2. The summed E-state index contributed by atoms with van der Waals surface area (Å²) in [6.07, 6.45) is 0. The third kappa shape index (κ3) is 7.17. The van der Waals surface area contributed by atoms with E-state index in [0.29, 0.717) is 16.9 Å². The second-order valence-electron chi connectivity index (χ2n) is 10.6. The normalized spacial score (nSPS) is 14.2. The van der Waals surface area contributed by atoms with Crippen molar-refractivity contribution in [3.63, 3.8) is 0 Å². The number of anilines is 3. The fourth-order valence-electron chi connectivity index (χ4n) is 3.99. The molecule has 1 saturated heterocycles. The van der Waals surface area contributed by atoms with Gasteiger partial charge in [-0.1, -0.05) is 54.4 Å². The first-order chi connectivity index (χ1) is 18.7. The molecule has 3 aromatic rings. The third-order valence-corrected chi connectivity index (χ3v) is 7.05. The zero-order chi connectivity index (χ0) is 29.2. The van der Waals surface area contributed by atoms with Gasteiger partial charge in [-0.3, -0.25) is 14.4 Å². The van der Waals surface area contributed by atoms with E-state index in [1.807, 2.05) is 0 Å². The second-order valence-corrected chi connectivity index (χ2v) is 11.9. The Balaban J connectivity index is 1.56. The van der Waals surface area contributed by atoms with E-state index < -0.39 is 36.2 Å². The molecule has 0 unspecified atom stereocenters. The topological polar surface area (TPSA) is 90.5 Å². The van der Waals surface area contributed by atoms with Gasteiger partial charge in [-0.15, -0.1) is 0 Å². The number of halogens is 4. The molecule has 0 saturated carbocycles. The van der Waals surface area contributed by atoms with Crippen LogP contribution in [0.25, 0.3) is 0 Å². The number of carbonyl (C=O) groups is 3. The zero-order valence-corrected chi connectivity index (χ0v) is 24.4. The summed E-state index contributed by atoms with van der Waals surface area (Å²) in [4.78, 5) is 40.0. The van der Waals surface area contributed by atoms with Gasteiger partial charge in [0.15, 0.2) is 0 Å². The predicted octanol–water partition coefficient (Wildman–Crippen LogP) is 6.72. The first-order valence-electron chi connectivity index (χ1n) is 12.4. The minimum Gasteiger partial charge on any atom is -0.359 e. The van der Waals surface area contributed by atoms with E-state index >= 15 is 0 Å². The summed E-state index contributed by atoms with van der Waals surface area (Å²) in [5.41, 5.74) is 1.54. The van der Waals surface area contributed by atoms with Crippen molar-refractivity contribution in [3.05, 3.63) is 86.8 Å². The average Bonchev–Trinajstić information content (AvgIpc) is 2.87. The minimum absolute atomic E-state index is 0.126. The van der Waals surface area contributed by atoms with Gasteiger partial charge in [0.1, 0.15) is 0 Å². The zero-order valence-electron chi connectivity index (χ0n) is 22.1. The van der Waals surface area contributed by atoms with Gasteiger partial charge in [-0.05, 0) is 60.2 Å². The number of rotatable bonds is 7. The number of nitrogens with zero attached hydrogens (tertiary/aromatic N) is 1. The SMILES string of the molecule is CC(C)(C)C(=O)NCc1ccc(Cl)c(C(=O)Nc2ccc(N3CC(F)(F)C3)c(C(=O)Nc3ccc(Br)cc3)c2)c1. The highest BCUT2D eigenvalue weighted by Gasteiger charge is 2.45. The Hall–Kier alpha value is -3.50. The van der Waals surface area contributed by atoms with Crippen molar-refractivity contribution in [3.8, 4) is 0 Å². The number of hydrogen-bond donors (Lipinski definition) is 3. The van der Waals surface area contributed by atoms with Crippen LogP contribution in [0.5, 0.6) is 0 Å². The Morgan fingerprint density at radius 1 is 0.900 bits per heavy atom. The third-order valence-electron chi connectivity index (χ3n) is 6.20. The molecule has 0 aliphatic carbocycles. The van der Waals surface area contributed by atoms with Crippen LogP contribution < -0.4 is 20.9 Å². The molecule has 3 aromatic carbocycles. The summed E-state index contributed by atoms with van der Waals surface area (Å²) in [5, 5.41) is 8.54. The van der Waals surface area contributed by atoms with E-state index in [9.17, 15) is 23.2 Å². The molecule has 0 spiro atoms. The first kappa shape index (κ1) is 29.5. The van der Waals surface area contributed by atoms with Gasteiger partial charge in [-0.2, -0.15) is 0 Å². The predicted molar refractivity (Wildman–Crippen MR) is 156 cm³/mol. The first-order valence-corrected chi connectivity index (χ1v) is 13.6. The lowest BCUT2D eigenvalue weighted by molar-refractivity contribution is -0.128. The van der Waals surface area contributed by atoms with Gasteiger partial charge in [0, 0.05) is 27.8 Å². The van der Waals surface area contributed by atoms with Crippen molar-refractivity contribution in [2.75, 3.05) is 28.6 Å². The van der Waals surface area contributed by atoms with Crippen LogP contribution >= 0.6 is 27.5 Å². The van der Waals surface area contributed by atoms with E-state index in [4.69, 9.17) is 11.6 Å². The number of carbonyl (C=O) groups excluding carboxylic acids is 3. The molecule has 7 nitrogen and oxygen atoms in total. The van der Waals surface area contributed by atoms with Gasteiger partial charge >= 0.3 is 0 Å². The van der Waals surface area contributed by atoms with Gasteiger partial charge in [0.05, 0.1) is 34.9 Å². The van der Waals surface area contributed by atoms with Crippen molar-refractivity contribution in [1.29, 1.82) is 0 Å². The molecule has 210 valence electrons. The monoisotopic (exact) mass is 632 g/mol. The molecule has 11 heteroatoms. The van der Waals surface area contributed by atoms with Crippen LogP contribution in [0.4, 0.5) is 25.8 Å². The average molecular weight is 634 g/mol. The van der Waals surface area contributed by atoms with Crippen LogP contribution in [0.1, 0.15) is 47.1 Å². The van der Waals surface area contributed by atoms with Crippen LogP contribution in [0.3, 0.4) is 0 Å². The van der Waals surface area contributed by atoms with Gasteiger partial charge in [0.2, 0.25) is 5.91 Å². The Kier molecular flexibility index (Phi) is 8.51. The molecular weight excluding hydrogens is 606 g/mol. The highest BCUT2D eigenvalue weighted by molar-refractivity contribution is 9.10. The van der Waals surface area contributed by atoms with Crippen molar-refractivity contribution in [2.45, 2.75) is 33.2 Å². The lowest BCUT2D eigenvalue weighted by atomic mass is 9.95. The Bertz CT molecular complexity index is 1450. The highest BCUT2D eigenvalue weighted by Crippen LogP contribution is 2.35. The molecule has 1 aliphatic rings. The maximum atomic E-state index is 13.6. The Labute approximate surface area is 244 Å². The summed E-state index contributed by atoms with van der Waals surface area (Å²) in [6.45, 7) is 4.60. The highest BCUT2D eigenvalue weighted by atomic mass is 79.9. The molecule has 0 atom stereocenters.